The molecule has 6 rings (SSSR count). The van der Waals surface area contributed by atoms with Crippen molar-refractivity contribution in [2.24, 2.45) is 7.05 Å². The molecule has 3 aliphatic rings. The highest BCUT2D eigenvalue weighted by atomic mass is 16.2. The molecule has 5 nitrogen and oxygen atoms in total. The molecule has 0 bridgehead atoms. The van der Waals surface area contributed by atoms with Crippen LogP contribution >= 0.6 is 0 Å². The first kappa shape index (κ1) is 21.4. The number of aryl methyl sites for hydroxylation is 1. The summed E-state index contributed by atoms with van der Waals surface area (Å²) in [6, 6.07) is 19.7. The second kappa shape index (κ2) is 8.88. The minimum Gasteiger partial charge on any atom is -0.333 e. The Hall–Kier alpha value is -3.18. The second-order valence-corrected chi connectivity index (χ2v) is 9.88. The lowest BCUT2D eigenvalue weighted by molar-refractivity contribution is 0.0726. The van der Waals surface area contributed by atoms with Crippen molar-refractivity contribution in [1.82, 2.24) is 19.6 Å². The van der Waals surface area contributed by atoms with Crippen molar-refractivity contribution in [3.05, 3.63) is 94.3 Å². The van der Waals surface area contributed by atoms with E-state index < -0.39 is 0 Å². The molecular weight excluding hydrogens is 420 g/mol. The zero-order valence-corrected chi connectivity index (χ0v) is 19.9. The molecule has 2 aliphatic heterocycles. The molecule has 34 heavy (non-hydrogen) atoms. The number of carbonyl (C=O) groups excluding carboxylic acids is 1. The first-order valence-corrected chi connectivity index (χ1v) is 12.6. The Morgan fingerprint density at radius 1 is 0.941 bits per heavy atom. The van der Waals surface area contributed by atoms with E-state index in [0.29, 0.717) is 18.3 Å². The molecule has 0 radical (unpaired) electrons. The fourth-order valence-corrected chi connectivity index (χ4v) is 6.00. The van der Waals surface area contributed by atoms with Gasteiger partial charge in [-0.15, -0.1) is 0 Å². The van der Waals surface area contributed by atoms with Crippen LogP contribution in [0.5, 0.6) is 0 Å². The Labute approximate surface area is 201 Å². The van der Waals surface area contributed by atoms with Gasteiger partial charge in [-0.1, -0.05) is 60.7 Å². The third-order valence-corrected chi connectivity index (χ3v) is 7.95. The average molecular weight is 453 g/mol. The van der Waals surface area contributed by atoms with Gasteiger partial charge in [-0.2, -0.15) is 5.10 Å². The predicted octanol–water partition coefficient (Wildman–Crippen LogP) is 4.27. The van der Waals surface area contributed by atoms with E-state index in [-0.39, 0.29) is 5.91 Å². The van der Waals surface area contributed by atoms with Gasteiger partial charge in [0.25, 0.3) is 5.91 Å². The van der Waals surface area contributed by atoms with Gasteiger partial charge in [-0.3, -0.25) is 14.4 Å². The minimum atomic E-state index is 0.0944. The molecule has 3 heterocycles. The summed E-state index contributed by atoms with van der Waals surface area (Å²) in [6.45, 7) is 3.51. The van der Waals surface area contributed by atoms with Crippen LogP contribution in [0.1, 0.15) is 51.3 Å². The molecule has 1 amide bonds. The third kappa shape index (κ3) is 3.88. The molecule has 1 aromatic heterocycles. The van der Waals surface area contributed by atoms with Gasteiger partial charge in [0.2, 0.25) is 0 Å². The summed E-state index contributed by atoms with van der Waals surface area (Å²) < 4.78 is 1.96. The molecule has 5 heteroatoms. The summed E-state index contributed by atoms with van der Waals surface area (Å²) in [5.41, 5.74) is 8.53. The average Bonchev–Trinajstić information content (AvgIpc) is 3.24. The Kier molecular flexibility index (Phi) is 5.58. The van der Waals surface area contributed by atoms with Crippen LogP contribution in [0.25, 0.3) is 5.57 Å². The van der Waals surface area contributed by atoms with E-state index in [0.717, 1.165) is 51.7 Å². The zero-order valence-electron chi connectivity index (χ0n) is 19.9. The third-order valence-electron chi connectivity index (χ3n) is 7.95. The maximum atomic E-state index is 13.6. The fraction of sp³-hybridized carbons (Fsp3) is 0.379. The van der Waals surface area contributed by atoms with E-state index >= 15 is 0 Å². The van der Waals surface area contributed by atoms with Gasteiger partial charge in [0.05, 0.1) is 0 Å². The van der Waals surface area contributed by atoms with Crippen molar-refractivity contribution in [3.63, 3.8) is 0 Å². The van der Waals surface area contributed by atoms with Gasteiger partial charge >= 0.3 is 0 Å². The van der Waals surface area contributed by atoms with E-state index in [9.17, 15) is 4.79 Å². The van der Waals surface area contributed by atoms with Crippen LogP contribution in [0.2, 0.25) is 0 Å². The van der Waals surface area contributed by atoms with E-state index in [1.165, 1.54) is 33.5 Å². The van der Waals surface area contributed by atoms with Gasteiger partial charge in [0, 0.05) is 50.5 Å². The first-order chi connectivity index (χ1) is 16.7. The fourth-order valence-electron chi connectivity index (χ4n) is 6.00. The van der Waals surface area contributed by atoms with Gasteiger partial charge in [0.1, 0.15) is 0 Å². The zero-order chi connectivity index (χ0) is 23.1. The Morgan fingerprint density at radius 2 is 1.74 bits per heavy atom. The Morgan fingerprint density at radius 3 is 2.53 bits per heavy atom. The van der Waals surface area contributed by atoms with Gasteiger partial charge < -0.3 is 4.90 Å². The SMILES string of the molecule is Cn1nc(C(=O)N2CCc3ccccc3C2)c2c1CCC(N1CC=C(c3ccccc3)CC1)C2. The molecule has 0 fully saturated rings. The number of hydrogen-bond donors (Lipinski definition) is 0. The van der Waals surface area contributed by atoms with Crippen LogP contribution in [0.15, 0.2) is 60.7 Å². The van der Waals surface area contributed by atoms with Crippen LogP contribution in [0.3, 0.4) is 0 Å². The van der Waals surface area contributed by atoms with Crippen LogP contribution in [-0.4, -0.2) is 51.2 Å². The minimum absolute atomic E-state index is 0.0944. The van der Waals surface area contributed by atoms with E-state index in [1.807, 2.05) is 16.6 Å². The largest absolute Gasteiger partial charge is 0.333 e. The molecule has 0 saturated heterocycles. The number of aromatic nitrogens is 2. The summed E-state index contributed by atoms with van der Waals surface area (Å²) >= 11 is 0. The topological polar surface area (TPSA) is 41.4 Å². The van der Waals surface area contributed by atoms with Gasteiger partial charge in [0.15, 0.2) is 5.69 Å². The quantitative estimate of drug-likeness (QED) is 0.596. The predicted molar refractivity (Wildman–Crippen MR) is 135 cm³/mol. The molecule has 0 spiro atoms. The Bertz CT molecular complexity index is 1240. The van der Waals surface area contributed by atoms with Crippen LogP contribution < -0.4 is 0 Å². The highest BCUT2D eigenvalue weighted by Gasteiger charge is 2.33. The number of fused-ring (bicyclic) bond motifs is 2. The molecule has 3 aromatic rings. The number of carbonyl (C=O) groups is 1. The molecule has 1 unspecified atom stereocenters. The normalized spacial score (nSPS) is 20.4. The smallest absolute Gasteiger partial charge is 0.274 e. The Balaban J connectivity index is 1.19. The number of hydrogen-bond acceptors (Lipinski definition) is 3. The summed E-state index contributed by atoms with van der Waals surface area (Å²) in [5.74, 6) is 0.0944. The number of benzene rings is 2. The standard InChI is InChI=1S/C29H32N4O/c1-31-27-12-11-25(32-16-13-23(14-17-32)21-7-3-2-4-8-21)19-26(27)28(30-31)29(34)33-18-15-22-9-5-6-10-24(22)20-33/h2-10,13,25H,11-12,14-20H2,1H3. The maximum absolute atomic E-state index is 13.6. The second-order valence-electron chi connectivity index (χ2n) is 9.88. The summed E-state index contributed by atoms with van der Waals surface area (Å²) in [6.07, 6.45) is 7.44. The van der Waals surface area contributed by atoms with Gasteiger partial charge in [-0.05, 0) is 54.4 Å². The van der Waals surface area contributed by atoms with Crippen molar-refractivity contribution >= 4 is 11.5 Å². The van der Waals surface area contributed by atoms with Crippen molar-refractivity contribution in [2.75, 3.05) is 19.6 Å². The monoisotopic (exact) mass is 452 g/mol. The molecular formula is C29H32N4O. The summed E-state index contributed by atoms with van der Waals surface area (Å²) in [5, 5.41) is 4.75. The lowest BCUT2D eigenvalue weighted by atomic mass is 9.88. The van der Waals surface area contributed by atoms with E-state index in [1.54, 1.807) is 0 Å². The van der Waals surface area contributed by atoms with E-state index in [2.05, 4.69) is 65.6 Å². The number of nitrogens with zero attached hydrogens (tertiary/aromatic N) is 4. The number of amides is 1. The molecule has 174 valence electrons. The van der Waals surface area contributed by atoms with Crippen LogP contribution in [-0.2, 0) is 32.9 Å². The molecule has 0 saturated carbocycles. The molecule has 0 N–H and O–H groups in total. The maximum Gasteiger partial charge on any atom is 0.274 e. The first-order valence-electron chi connectivity index (χ1n) is 12.6. The molecule has 2 aromatic carbocycles. The van der Waals surface area contributed by atoms with Crippen molar-refractivity contribution in [2.45, 2.75) is 44.7 Å². The van der Waals surface area contributed by atoms with Crippen molar-refractivity contribution in [1.29, 1.82) is 0 Å². The van der Waals surface area contributed by atoms with Crippen LogP contribution in [0, 0.1) is 0 Å². The lowest BCUT2D eigenvalue weighted by Crippen LogP contribution is -2.42. The molecule has 1 atom stereocenters. The molecule has 1 aliphatic carbocycles. The lowest BCUT2D eigenvalue weighted by Gasteiger charge is -2.36. The van der Waals surface area contributed by atoms with Crippen molar-refractivity contribution in [3.8, 4) is 0 Å². The van der Waals surface area contributed by atoms with Crippen LogP contribution in [0.4, 0.5) is 0 Å². The summed E-state index contributed by atoms with van der Waals surface area (Å²) in [7, 11) is 2.00. The van der Waals surface area contributed by atoms with E-state index in [4.69, 9.17) is 5.10 Å². The van der Waals surface area contributed by atoms with Gasteiger partial charge in [-0.25, -0.2) is 0 Å². The summed E-state index contributed by atoms with van der Waals surface area (Å²) in [4.78, 5) is 18.2. The highest BCUT2D eigenvalue weighted by Crippen LogP contribution is 2.31. The highest BCUT2D eigenvalue weighted by molar-refractivity contribution is 5.94. The number of rotatable bonds is 3. The van der Waals surface area contributed by atoms with Crippen molar-refractivity contribution < 1.29 is 4.79 Å².